The first-order valence-electron chi connectivity index (χ1n) is 7.74. The molecule has 1 aromatic carbocycles. The van der Waals surface area contributed by atoms with Crippen LogP contribution in [0.25, 0.3) is 0 Å². The zero-order valence-electron chi connectivity index (χ0n) is 13.7. The molecule has 8 nitrogen and oxygen atoms in total. The molecule has 1 amide bonds. The molecule has 0 aromatic heterocycles. The van der Waals surface area contributed by atoms with E-state index in [1.807, 2.05) is 13.8 Å². The third kappa shape index (κ3) is 4.09. The normalized spacial score (nSPS) is 16.4. The van der Waals surface area contributed by atoms with Gasteiger partial charge in [0.15, 0.2) is 0 Å². The third-order valence-electron chi connectivity index (χ3n) is 3.86. The second-order valence-corrected chi connectivity index (χ2v) is 8.07. The van der Waals surface area contributed by atoms with Crippen LogP contribution in [-0.2, 0) is 14.8 Å². The number of nitro groups is 1. The minimum Gasteiger partial charge on any atom is -0.340 e. The maximum absolute atomic E-state index is 12.6. The van der Waals surface area contributed by atoms with Gasteiger partial charge in [0, 0.05) is 44.7 Å². The van der Waals surface area contributed by atoms with Gasteiger partial charge in [-0.15, -0.1) is 0 Å². The summed E-state index contributed by atoms with van der Waals surface area (Å²) in [6.45, 7) is 5.10. The summed E-state index contributed by atoms with van der Waals surface area (Å²) in [6, 6.07) is 4.83. The second kappa shape index (κ2) is 7.27. The Balaban J connectivity index is 2.04. The molecule has 132 valence electrons. The van der Waals surface area contributed by atoms with Crippen LogP contribution in [0.4, 0.5) is 5.69 Å². The van der Waals surface area contributed by atoms with Crippen molar-refractivity contribution in [3.05, 3.63) is 34.4 Å². The molecule has 1 fully saturated rings. The lowest BCUT2D eigenvalue weighted by Crippen LogP contribution is -2.50. The predicted octanol–water partition coefficient (Wildman–Crippen LogP) is 1.47. The molecule has 0 saturated carbocycles. The summed E-state index contributed by atoms with van der Waals surface area (Å²) in [7, 11) is -3.70. The molecular formula is C15H21N3O5S. The van der Waals surface area contributed by atoms with Crippen LogP contribution in [0.5, 0.6) is 0 Å². The lowest BCUT2D eigenvalue weighted by Gasteiger charge is -2.34. The number of rotatable bonds is 5. The van der Waals surface area contributed by atoms with Crippen molar-refractivity contribution in [2.45, 2.75) is 25.2 Å². The molecule has 2 rings (SSSR count). The maximum Gasteiger partial charge on any atom is 0.269 e. The van der Waals surface area contributed by atoms with E-state index >= 15 is 0 Å². The standard InChI is InChI=1S/C15H21N3O5S/c1-12(2)11-15(19)16-7-9-17(10-8-16)24(22,23)14-5-3-13(4-6-14)18(20)21/h3-6,12H,7-11H2,1-2H3. The number of amides is 1. The molecule has 0 N–H and O–H groups in total. The Kier molecular flexibility index (Phi) is 5.55. The van der Waals surface area contributed by atoms with E-state index in [9.17, 15) is 23.3 Å². The van der Waals surface area contributed by atoms with Crippen molar-refractivity contribution in [2.24, 2.45) is 5.92 Å². The molecule has 0 aliphatic carbocycles. The highest BCUT2D eigenvalue weighted by atomic mass is 32.2. The largest absolute Gasteiger partial charge is 0.340 e. The minimum absolute atomic E-state index is 0.0232. The van der Waals surface area contributed by atoms with Gasteiger partial charge in [-0.3, -0.25) is 14.9 Å². The van der Waals surface area contributed by atoms with Gasteiger partial charge in [0.25, 0.3) is 5.69 Å². The molecular weight excluding hydrogens is 334 g/mol. The molecule has 1 saturated heterocycles. The van der Waals surface area contributed by atoms with E-state index in [0.717, 1.165) is 0 Å². The fraction of sp³-hybridized carbons (Fsp3) is 0.533. The zero-order chi connectivity index (χ0) is 17.9. The van der Waals surface area contributed by atoms with Gasteiger partial charge in [-0.05, 0) is 18.1 Å². The first-order chi connectivity index (χ1) is 11.2. The van der Waals surface area contributed by atoms with Gasteiger partial charge in [0.1, 0.15) is 0 Å². The summed E-state index contributed by atoms with van der Waals surface area (Å²) < 4.78 is 26.5. The summed E-state index contributed by atoms with van der Waals surface area (Å²) in [5, 5.41) is 10.6. The second-order valence-electron chi connectivity index (χ2n) is 6.13. The number of non-ortho nitro benzene ring substituents is 1. The lowest BCUT2D eigenvalue weighted by atomic mass is 10.1. The Labute approximate surface area is 141 Å². The van der Waals surface area contributed by atoms with Gasteiger partial charge in [0.05, 0.1) is 9.82 Å². The van der Waals surface area contributed by atoms with Gasteiger partial charge in [-0.2, -0.15) is 4.31 Å². The fourth-order valence-electron chi connectivity index (χ4n) is 2.55. The summed E-state index contributed by atoms with van der Waals surface area (Å²) in [5.74, 6) is 0.303. The lowest BCUT2D eigenvalue weighted by molar-refractivity contribution is -0.384. The number of nitrogens with zero attached hydrogens (tertiary/aromatic N) is 3. The van der Waals surface area contributed by atoms with Crippen LogP contribution >= 0.6 is 0 Å². The Morgan fingerprint density at radius 1 is 1.17 bits per heavy atom. The smallest absolute Gasteiger partial charge is 0.269 e. The van der Waals surface area contributed by atoms with E-state index in [2.05, 4.69) is 0 Å². The van der Waals surface area contributed by atoms with Crippen molar-refractivity contribution < 1.29 is 18.1 Å². The molecule has 1 aromatic rings. The van der Waals surface area contributed by atoms with E-state index in [0.29, 0.717) is 19.5 Å². The molecule has 0 unspecified atom stereocenters. The van der Waals surface area contributed by atoms with Crippen molar-refractivity contribution in [3.63, 3.8) is 0 Å². The molecule has 9 heteroatoms. The summed E-state index contributed by atoms with van der Waals surface area (Å²) in [6.07, 6.45) is 0.453. The van der Waals surface area contributed by atoms with Crippen molar-refractivity contribution in [1.29, 1.82) is 0 Å². The summed E-state index contributed by atoms with van der Waals surface area (Å²) >= 11 is 0. The first kappa shape index (κ1) is 18.3. The Morgan fingerprint density at radius 2 is 1.71 bits per heavy atom. The highest BCUT2D eigenvalue weighted by molar-refractivity contribution is 7.89. The van der Waals surface area contributed by atoms with Crippen LogP contribution in [-0.4, -0.2) is 54.6 Å². The van der Waals surface area contributed by atoms with Crippen LogP contribution in [0.3, 0.4) is 0 Å². The molecule has 0 spiro atoms. The van der Waals surface area contributed by atoms with Gasteiger partial charge in [0.2, 0.25) is 15.9 Å². The Morgan fingerprint density at radius 3 is 2.17 bits per heavy atom. The van der Waals surface area contributed by atoms with Crippen molar-refractivity contribution in [2.75, 3.05) is 26.2 Å². The van der Waals surface area contributed by atoms with Crippen molar-refractivity contribution in [3.8, 4) is 0 Å². The van der Waals surface area contributed by atoms with Gasteiger partial charge >= 0.3 is 0 Å². The number of benzene rings is 1. The molecule has 0 bridgehead atoms. The summed E-state index contributed by atoms with van der Waals surface area (Å²) in [5.41, 5.74) is -0.155. The summed E-state index contributed by atoms with van der Waals surface area (Å²) in [4.78, 5) is 23.8. The molecule has 1 heterocycles. The minimum atomic E-state index is -3.70. The zero-order valence-corrected chi connectivity index (χ0v) is 14.5. The number of carbonyl (C=O) groups is 1. The van der Waals surface area contributed by atoms with Crippen molar-refractivity contribution >= 4 is 21.6 Å². The molecule has 1 aliphatic heterocycles. The van der Waals surface area contributed by atoms with E-state index < -0.39 is 14.9 Å². The Hall–Kier alpha value is -2.00. The SMILES string of the molecule is CC(C)CC(=O)N1CCN(S(=O)(=O)c2ccc([N+](=O)[O-])cc2)CC1. The molecule has 24 heavy (non-hydrogen) atoms. The van der Waals surface area contributed by atoms with Gasteiger partial charge in [-0.25, -0.2) is 8.42 Å². The number of nitro benzene ring substituents is 1. The van der Waals surface area contributed by atoms with Crippen LogP contribution in [0, 0.1) is 16.0 Å². The fourth-order valence-corrected chi connectivity index (χ4v) is 3.97. The number of piperazine rings is 1. The number of hydrogen-bond donors (Lipinski definition) is 0. The topological polar surface area (TPSA) is 101 Å². The van der Waals surface area contributed by atoms with E-state index in [4.69, 9.17) is 0 Å². The average Bonchev–Trinajstić information content (AvgIpc) is 2.54. The maximum atomic E-state index is 12.6. The van der Waals surface area contributed by atoms with Crippen LogP contribution in [0.1, 0.15) is 20.3 Å². The van der Waals surface area contributed by atoms with Gasteiger partial charge < -0.3 is 4.90 Å². The van der Waals surface area contributed by atoms with Gasteiger partial charge in [-0.1, -0.05) is 13.8 Å². The quantitative estimate of drug-likeness (QED) is 0.588. The highest BCUT2D eigenvalue weighted by Gasteiger charge is 2.30. The van der Waals surface area contributed by atoms with E-state index in [1.54, 1.807) is 4.90 Å². The van der Waals surface area contributed by atoms with E-state index in [-0.39, 0.29) is 35.5 Å². The van der Waals surface area contributed by atoms with Crippen LogP contribution in [0.15, 0.2) is 29.2 Å². The number of carbonyl (C=O) groups excluding carboxylic acids is 1. The highest BCUT2D eigenvalue weighted by Crippen LogP contribution is 2.21. The molecule has 0 radical (unpaired) electrons. The Bertz CT molecular complexity index is 707. The van der Waals surface area contributed by atoms with E-state index in [1.165, 1.54) is 28.6 Å². The van der Waals surface area contributed by atoms with Crippen LogP contribution < -0.4 is 0 Å². The molecule has 0 atom stereocenters. The van der Waals surface area contributed by atoms with Crippen LogP contribution in [0.2, 0.25) is 0 Å². The first-order valence-corrected chi connectivity index (χ1v) is 9.18. The average molecular weight is 355 g/mol. The number of sulfonamides is 1. The predicted molar refractivity (Wildman–Crippen MR) is 87.9 cm³/mol. The monoisotopic (exact) mass is 355 g/mol. The third-order valence-corrected chi connectivity index (χ3v) is 5.77. The van der Waals surface area contributed by atoms with Crippen molar-refractivity contribution in [1.82, 2.24) is 9.21 Å². The molecule has 1 aliphatic rings. The number of hydrogen-bond acceptors (Lipinski definition) is 5.